The van der Waals surface area contributed by atoms with Gasteiger partial charge in [-0.1, -0.05) is 11.6 Å². The van der Waals surface area contributed by atoms with Gasteiger partial charge in [0.05, 0.1) is 12.1 Å². The molecule has 31 heavy (non-hydrogen) atoms. The summed E-state index contributed by atoms with van der Waals surface area (Å²) in [6.07, 6.45) is 2.25. The number of aryl methyl sites for hydroxylation is 1. The molecule has 8 heteroatoms. The van der Waals surface area contributed by atoms with E-state index >= 15 is 0 Å². The van der Waals surface area contributed by atoms with Gasteiger partial charge in [0.1, 0.15) is 17.2 Å². The normalized spacial score (nSPS) is 14.2. The minimum atomic E-state index is -0.398. The fourth-order valence-electron chi connectivity index (χ4n) is 3.92. The largest absolute Gasteiger partial charge is 0.497 e. The molecule has 0 aliphatic carbocycles. The number of carbonyl (C=O) groups is 1. The van der Waals surface area contributed by atoms with Crippen molar-refractivity contribution in [2.75, 3.05) is 38.2 Å². The molecule has 162 valence electrons. The first-order chi connectivity index (χ1) is 15.0. The molecule has 0 bridgehead atoms. The zero-order valence-electron chi connectivity index (χ0n) is 17.6. The van der Waals surface area contributed by atoms with Crippen LogP contribution in [0.2, 0.25) is 5.02 Å². The molecule has 2 aromatic heterocycles. The second-order valence-corrected chi connectivity index (χ2v) is 7.99. The standard InChI is InChI=1S/C23H24ClN3O4/c1-15-18-5-4-17(30-2)13-20(18)31-23(29)19(15)6-8-22(28)27-11-9-26(10-12-27)21-7-3-16(24)14-25-21/h3-5,7,13-14H,6,8-12H2,1-2H3. The number of amides is 1. The summed E-state index contributed by atoms with van der Waals surface area (Å²) in [4.78, 5) is 33.6. The van der Waals surface area contributed by atoms with Crippen LogP contribution >= 0.6 is 11.6 Å². The predicted octanol–water partition coefficient (Wildman–Crippen LogP) is 3.44. The van der Waals surface area contributed by atoms with E-state index in [4.69, 9.17) is 20.8 Å². The summed E-state index contributed by atoms with van der Waals surface area (Å²) < 4.78 is 10.7. The van der Waals surface area contributed by atoms with Gasteiger partial charge in [0.2, 0.25) is 5.91 Å². The number of pyridine rings is 1. The highest BCUT2D eigenvalue weighted by molar-refractivity contribution is 6.30. The van der Waals surface area contributed by atoms with E-state index in [9.17, 15) is 9.59 Å². The highest BCUT2D eigenvalue weighted by Crippen LogP contribution is 2.24. The van der Waals surface area contributed by atoms with E-state index in [1.807, 2.05) is 36.1 Å². The molecular weight excluding hydrogens is 418 g/mol. The fraction of sp³-hybridized carbons (Fsp3) is 0.348. The van der Waals surface area contributed by atoms with Gasteiger partial charge < -0.3 is 19.0 Å². The van der Waals surface area contributed by atoms with Gasteiger partial charge in [0, 0.05) is 55.8 Å². The van der Waals surface area contributed by atoms with Gasteiger partial charge in [-0.2, -0.15) is 0 Å². The molecule has 4 rings (SSSR count). The molecule has 7 nitrogen and oxygen atoms in total. The van der Waals surface area contributed by atoms with Crippen molar-refractivity contribution in [2.24, 2.45) is 0 Å². The van der Waals surface area contributed by atoms with Gasteiger partial charge in [0.25, 0.3) is 0 Å². The van der Waals surface area contributed by atoms with Gasteiger partial charge in [-0.3, -0.25) is 4.79 Å². The average molecular weight is 442 g/mol. The second kappa shape index (κ2) is 8.98. The lowest BCUT2D eigenvalue weighted by molar-refractivity contribution is -0.131. The third-order valence-corrected chi connectivity index (χ3v) is 5.98. The van der Waals surface area contributed by atoms with E-state index < -0.39 is 5.63 Å². The molecule has 1 amide bonds. The molecule has 1 aliphatic rings. The van der Waals surface area contributed by atoms with Crippen LogP contribution in [0.1, 0.15) is 17.5 Å². The van der Waals surface area contributed by atoms with Gasteiger partial charge >= 0.3 is 5.63 Å². The van der Waals surface area contributed by atoms with E-state index in [1.165, 1.54) is 0 Å². The molecule has 1 aliphatic heterocycles. The average Bonchev–Trinajstić information content (AvgIpc) is 2.79. The van der Waals surface area contributed by atoms with Crippen molar-refractivity contribution >= 4 is 34.3 Å². The maximum absolute atomic E-state index is 12.8. The van der Waals surface area contributed by atoms with E-state index in [0.717, 1.165) is 16.8 Å². The van der Waals surface area contributed by atoms with Crippen molar-refractivity contribution in [3.8, 4) is 5.75 Å². The number of hydrogen-bond donors (Lipinski definition) is 0. The minimum absolute atomic E-state index is 0.0392. The Morgan fingerprint density at radius 1 is 1.19 bits per heavy atom. The zero-order chi connectivity index (χ0) is 22.0. The highest BCUT2D eigenvalue weighted by Gasteiger charge is 2.22. The van der Waals surface area contributed by atoms with Gasteiger partial charge in [-0.05, 0) is 43.2 Å². The number of ether oxygens (including phenoxy) is 1. The Balaban J connectivity index is 1.39. The van der Waals surface area contributed by atoms with Gasteiger partial charge in [0.15, 0.2) is 0 Å². The minimum Gasteiger partial charge on any atom is -0.497 e. The molecule has 3 heterocycles. The Morgan fingerprint density at radius 3 is 2.65 bits per heavy atom. The van der Waals surface area contributed by atoms with Crippen molar-refractivity contribution in [1.29, 1.82) is 0 Å². The van der Waals surface area contributed by atoms with Crippen LogP contribution in [0, 0.1) is 6.92 Å². The first kappa shape index (κ1) is 21.2. The zero-order valence-corrected chi connectivity index (χ0v) is 18.3. The number of aromatic nitrogens is 1. The van der Waals surface area contributed by atoms with E-state index in [0.29, 0.717) is 54.5 Å². The lowest BCUT2D eigenvalue weighted by atomic mass is 10.0. The molecule has 0 N–H and O–H groups in total. The molecule has 0 unspecified atom stereocenters. The Kier molecular flexibility index (Phi) is 6.13. The van der Waals surface area contributed by atoms with E-state index in [-0.39, 0.29) is 12.3 Å². The van der Waals surface area contributed by atoms with Gasteiger partial charge in [-0.25, -0.2) is 9.78 Å². The summed E-state index contributed by atoms with van der Waals surface area (Å²) in [5.74, 6) is 1.53. The van der Waals surface area contributed by atoms with Crippen molar-refractivity contribution in [3.05, 3.63) is 63.1 Å². The van der Waals surface area contributed by atoms with Crippen LogP contribution in [-0.2, 0) is 11.2 Å². The van der Waals surface area contributed by atoms with Crippen LogP contribution in [0.25, 0.3) is 11.0 Å². The van der Waals surface area contributed by atoms with Crippen LogP contribution in [0.5, 0.6) is 5.75 Å². The Bertz CT molecular complexity index is 1150. The number of methoxy groups -OCH3 is 1. The molecule has 0 atom stereocenters. The number of nitrogens with zero attached hydrogens (tertiary/aromatic N) is 3. The number of piperazine rings is 1. The Morgan fingerprint density at radius 2 is 1.97 bits per heavy atom. The summed E-state index contributed by atoms with van der Waals surface area (Å²) >= 11 is 5.90. The molecular formula is C23H24ClN3O4. The predicted molar refractivity (Wildman–Crippen MR) is 120 cm³/mol. The van der Waals surface area contributed by atoms with Crippen molar-refractivity contribution in [2.45, 2.75) is 19.8 Å². The molecule has 1 aromatic carbocycles. The number of halogens is 1. The molecule has 0 saturated carbocycles. The number of rotatable bonds is 5. The second-order valence-electron chi connectivity index (χ2n) is 7.56. The first-order valence-electron chi connectivity index (χ1n) is 10.2. The lowest BCUT2D eigenvalue weighted by Crippen LogP contribution is -2.49. The number of anilines is 1. The molecule has 3 aromatic rings. The molecule has 0 radical (unpaired) electrons. The Hall–Kier alpha value is -3.06. The molecule has 1 fully saturated rings. The lowest BCUT2D eigenvalue weighted by Gasteiger charge is -2.35. The smallest absolute Gasteiger partial charge is 0.339 e. The monoisotopic (exact) mass is 441 g/mol. The number of hydrogen-bond acceptors (Lipinski definition) is 6. The summed E-state index contributed by atoms with van der Waals surface area (Å²) in [6, 6.07) is 9.11. The maximum atomic E-state index is 12.8. The van der Waals surface area contributed by atoms with Crippen LogP contribution < -0.4 is 15.3 Å². The van der Waals surface area contributed by atoms with E-state index in [1.54, 1.807) is 19.4 Å². The third kappa shape index (κ3) is 4.51. The molecule has 1 saturated heterocycles. The highest BCUT2D eigenvalue weighted by atomic mass is 35.5. The number of fused-ring (bicyclic) bond motifs is 1. The van der Waals surface area contributed by atoms with Crippen molar-refractivity contribution in [3.63, 3.8) is 0 Å². The topological polar surface area (TPSA) is 75.9 Å². The summed E-state index contributed by atoms with van der Waals surface area (Å²) in [7, 11) is 1.57. The first-order valence-corrected chi connectivity index (χ1v) is 10.6. The maximum Gasteiger partial charge on any atom is 0.339 e. The SMILES string of the molecule is COc1ccc2c(C)c(CCC(=O)N3CCN(c4ccc(Cl)cn4)CC3)c(=O)oc2c1. The summed E-state index contributed by atoms with van der Waals surface area (Å²) in [5, 5.41) is 1.46. The van der Waals surface area contributed by atoms with E-state index in [2.05, 4.69) is 9.88 Å². The molecule has 0 spiro atoms. The van der Waals surface area contributed by atoms with Crippen LogP contribution in [-0.4, -0.2) is 49.1 Å². The van der Waals surface area contributed by atoms with Crippen LogP contribution in [0.3, 0.4) is 0 Å². The Labute approximate surface area is 185 Å². The van der Waals surface area contributed by atoms with Crippen molar-refractivity contribution < 1.29 is 13.9 Å². The van der Waals surface area contributed by atoms with Crippen molar-refractivity contribution in [1.82, 2.24) is 9.88 Å². The quantitative estimate of drug-likeness (QED) is 0.564. The number of benzene rings is 1. The van der Waals surface area contributed by atoms with Crippen LogP contribution in [0.15, 0.2) is 45.7 Å². The van der Waals surface area contributed by atoms with Gasteiger partial charge in [-0.15, -0.1) is 0 Å². The fourth-order valence-corrected chi connectivity index (χ4v) is 4.03. The van der Waals surface area contributed by atoms with Crippen LogP contribution in [0.4, 0.5) is 5.82 Å². The summed E-state index contributed by atoms with van der Waals surface area (Å²) in [6.45, 7) is 4.55. The third-order valence-electron chi connectivity index (χ3n) is 5.75. The summed E-state index contributed by atoms with van der Waals surface area (Å²) in [5.41, 5.74) is 1.49. The number of carbonyl (C=O) groups excluding carboxylic acids is 1.